The van der Waals surface area contributed by atoms with Gasteiger partial charge in [-0.05, 0) is 59.7 Å². The number of carbonyl (C=O) groups excluding carboxylic acids is 2. The lowest BCUT2D eigenvalue weighted by atomic mass is 10.1. The van der Waals surface area contributed by atoms with Gasteiger partial charge >= 0.3 is 16.4 Å². The smallest absolute Gasteiger partial charge is 0.347 e. The highest BCUT2D eigenvalue weighted by molar-refractivity contribution is 8.45. The summed E-state index contributed by atoms with van der Waals surface area (Å²) in [5.74, 6) is -1.07. The Balaban J connectivity index is 0.000000231. The van der Waals surface area contributed by atoms with Gasteiger partial charge in [-0.25, -0.2) is 0 Å². The van der Waals surface area contributed by atoms with Gasteiger partial charge in [-0.1, -0.05) is 43.7 Å². The second-order valence-electron chi connectivity index (χ2n) is 8.38. The van der Waals surface area contributed by atoms with Crippen molar-refractivity contribution in [3.63, 3.8) is 0 Å². The van der Waals surface area contributed by atoms with Crippen LogP contribution in [0.4, 0.5) is 41.4 Å². The second kappa shape index (κ2) is 11.6. The largest absolute Gasteiger partial charge is 0.416 e. The van der Waals surface area contributed by atoms with Gasteiger partial charge in [0.25, 0.3) is 11.8 Å². The molecule has 0 fully saturated rings. The maximum atomic E-state index is 12.7. The predicted octanol–water partition coefficient (Wildman–Crippen LogP) is 9.31. The van der Waals surface area contributed by atoms with Gasteiger partial charge < -0.3 is 10.6 Å². The summed E-state index contributed by atoms with van der Waals surface area (Å²) in [5, 5.41) is 3.84. The van der Waals surface area contributed by atoms with Gasteiger partial charge in [0, 0.05) is 13.1 Å². The summed E-state index contributed by atoms with van der Waals surface area (Å²) in [6.45, 7) is -0.0879. The van der Waals surface area contributed by atoms with Crippen LogP contribution < -0.4 is 10.6 Å². The summed E-state index contributed by atoms with van der Waals surface area (Å²) < 4.78 is 125. The fraction of sp³-hybridized carbons (Fsp3) is 0.120. The number of amides is 2. The van der Waals surface area contributed by atoms with Crippen LogP contribution in [0.3, 0.4) is 0 Å². The van der Waals surface area contributed by atoms with Crippen molar-refractivity contribution < 1.29 is 51.0 Å². The van der Waals surface area contributed by atoms with Gasteiger partial charge in [0.2, 0.25) is 0 Å². The van der Waals surface area contributed by atoms with Gasteiger partial charge in [0.05, 0.1) is 15.3 Å². The number of halogens is 10. The van der Waals surface area contributed by atoms with E-state index in [1.807, 2.05) is 0 Å². The highest BCUT2D eigenvalue weighted by atomic mass is 32.5. The summed E-state index contributed by atoms with van der Waals surface area (Å²) in [6.07, 6.45) is -4.38. The Kier molecular flexibility index (Phi) is 9.10. The molecule has 0 atom stereocenters. The summed E-state index contributed by atoms with van der Waals surface area (Å²) >= 11 is 1.32. The molecule has 2 aromatic heterocycles. The highest BCUT2D eigenvalue weighted by Gasteiger charge is 2.65. The van der Waals surface area contributed by atoms with Crippen molar-refractivity contribution in [1.82, 2.24) is 10.6 Å². The van der Waals surface area contributed by atoms with Gasteiger partial charge in [0.1, 0.15) is 4.90 Å². The molecule has 0 saturated heterocycles. The first-order valence-electron chi connectivity index (χ1n) is 11.3. The van der Waals surface area contributed by atoms with E-state index in [0.29, 0.717) is 28.2 Å². The molecule has 4 aromatic rings. The average molecular weight is 665 g/mol. The number of thiophene rings is 2. The Labute approximate surface area is 239 Å². The summed E-state index contributed by atoms with van der Waals surface area (Å²) in [4.78, 5) is 21.5. The molecule has 2 aromatic carbocycles. The van der Waals surface area contributed by atoms with Crippen LogP contribution in [0.15, 0.2) is 77.7 Å². The first kappa shape index (κ1) is 32.9. The molecule has 0 unspecified atom stereocenters. The molecule has 0 aliphatic heterocycles. The molecule has 0 radical (unpaired) electrons. The van der Waals surface area contributed by atoms with Crippen molar-refractivity contribution in [3.05, 3.63) is 110 Å². The minimum Gasteiger partial charge on any atom is -0.347 e. The van der Waals surface area contributed by atoms with Crippen LogP contribution in [0.2, 0.25) is 0 Å². The number of hydrogen-bond acceptors (Lipinski definition) is 4. The van der Waals surface area contributed by atoms with Crippen molar-refractivity contribution in [2.75, 3.05) is 0 Å². The van der Waals surface area contributed by atoms with E-state index < -0.39 is 48.9 Å². The third kappa shape index (κ3) is 9.77. The zero-order valence-electron chi connectivity index (χ0n) is 20.7. The van der Waals surface area contributed by atoms with Crippen LogP contribution in [-0.4, -0.2) is 11.8 Å². The van der Waals surface area contributed by atoms with E-state index in [-0.39, 0.29) is 40.5 Å². The van der Waals surface area contributed by atoms with Crippen molar-refractivity contribution in [1.29, 1.82) is 0 Å². The van der Waals surface area contributed by atoms with Crippen LogP contribution in [0.1, 0.15) is 36.0 Å². The zero-order valence-corrected chi connectivity index (χ0v) is 23.1. The third-order valence-corrected chi connectivity index (χ3v) is 8.06. The molecule has 4 nitrogen and oxygen atoms in total. The first-order chi connectivity index (χ1) is 19.2. The third-order valence-electron chi connectivity index (χ3n) is 5.15. The molecule has 0 bridgehead atoms. The normalized spacial score (nSPS) is 13.3. The fourth-order valence-electron chi connectivity index (χ4n) is 3.09. The van der Waals surface area contributed by atoms with Crippen molar-refractivity contribution in [2.45, 2.75) is 24.2 Å². The minimum absolute atomic E-state index is 0.0799. The lowest BCUT2D eigenvalue weighted by molar-refractivity contribution is -0.137. The number of alkyl halides is 3. The topological polar surface area (TPSA) is 58.2 Å². The molecule has 0 aliphatic rings. The number of benzene rings is 2. The standard InChI is InChI=1S/C13H9F4NOS.C12H9F6NOS2/c14-11-6-5-10(20-11)12(19)18-7-8-1-3-9(4-2-8)13(15,16)17;13-11-6-5-10(21-11)12(20)19-7-8-1-3-9(4-2-8)22(14,15,16,17)18/h1-6H,7H2,(H,18,19);1-6H,7H2,(H,19,20). The summed E-state index contributed by atoms with van der Waals surface area (Å²) in [7, 11) is -9.68. The maximum Gasteiger partial charge on any atom is 0.416 e. The van der Waals surface area contributed by atoms with Crippen molar-refractivity contribution in [2.24, 2.45) is 0 Å². The molecule has 0 aliphatic carbocycles. The Morgan fingerprint density at radius 2 is 1.00 bits per heavy atom. The van der Waals surface area contributed by atoms with E-state index in [4.69, 9.17) is 0 Å². The van der Waals surface area contributed by atoms with Gasteiger partial charge in [-0.2, -0.15) is 22.0 Å². The number of hydrogen-bond donors (Lipinski definition) is 2. The van der Waals surface area contributed by atoms with Crippen LogP contribution in [0, 0.1) is 10.3 Å². The Hall–Kier alpha value is -3.57. The molecule has 2 amide bonds. The van der Waals surface area contributed by atoms with Crippen LogP contribution in [-0.2, 0) is 19.3 Å². The number of rotatable bonds is 7. The van der Waals surface area contributed by atoms with Crippen molar-refractivity contribution >= 4 is 44.7 Å². The minimum atomic E-state index is -9.68. The highest BCUT2D eigenvalue weighted by Crippen LogP contribution is 3.02. The Morgan fingerprint density at radius 3 is 1.31 bits per heavy atom. The Morgan fingerprint density at radius 1 is 0.619 bits per heavy atom. The lowest BCUT2D eigenvalue weighted by Crippen LogP contribution is -2.21. The van der Waals surface area contributed by atoms with E-state index in [1.165, 1.54) is 30.3 Å². The van der Waals surface area contributed by atoms with Gasteiger partial charge in [-0.15, -0.1) is 22.7 Å². The van der Waals surface area contributed by atoms with Crippen molar-refractivity contribution in [3.8, 4) is 0 Å². The number of nitrogens with one attached hydrogen (secondary N) is 2. The van der Waals surface area contributed by atoms with Crippen LogP contribution in [0.25, 0.3) is 0 Å². The molecular weight excluding hydrogens is 646 g/mol. The first-order valence-corrected chi connectivity index (χ1v) is 14.9. The molecule has 0 spiro atoms. The molecular formula is C25H18F10N2O2S3. The van der Waals surface area contributed by atoms with Crippen LogP contribution in [0.5, 0.6) is 0 Å². The molecule has 0 saturated carbocycles. The Bertz CT molecular complexity index is 1550. The van der Waals surface area contributed by atoms with E-state index in [0.717, 1.165) is 30.3 Å². The second-order valence-corrected chi connectivity index (χ2v) is 12.9. The van der Waals surface area contributed by atoms with E-state index in [2.05, 4.69) is 10.6 Å². The van der Waals surface area contributed by atoms with E-state index in [9.17, 15) is 51.0 Å². The number of carbonyl (C=O) groups is 2. The molecule has 42 heavy (non-hydrogen) atoms. The quantitative estimate of drug-likeness (QED) is 0.194. The monoisotopic (exact) mass is 664 g/mol. The van der Waals surface area contributed by atoms with E-state index in [1.54, 1.807) is 0 Å². The average Bonchev–Trinajstić information content (AvgIpc) is 3.53. The van der Waals surface area contributed by atoms with Gasteiger partial charge in [0.15, 0.2) is 10.3 Å². The van der Waals surface area contributed by atoms with E-state index >= 15 is 0 Å². The maximum absolute atomic E-state index is 12.7. The molecule has 2 heterocycles. The summed E-state index contributed by atoms with van der Waals surface area (Å²) in [5.41, 5.74) is -0.00717. The van der Waals surface area contributed by atoms with Gasteiger partial charge in [-0.3, -0.25) is 9.59 Å². The molecule has 17 heteroatoms. The lowest BCUT2D eigenvalue weighted by Gasteiger charge is -2.40. The molecule has 2 N–H and O–H groups in total. The predicted molar refractivity (Wildman–Crippen MR) is 140 cm³/mol. The molecule has 228 valence electrons. The molecule has 4 rings (SSSR count). The zero-order chi connectivity index (χ0) is 31.4. The fourth-order valence-corrected chi connectivity index (χ4v) is 5.03. The summed E-state index contributed by atoms with van der Waals surface area (Å²) in [6, 6.07) is 11.6. The SMILES string of the molecule is O=C(NCc1ccc(C(F)(F)F)cc1)c1ccc(F)s1.O=C(NCc1ccc(S(F)(F)(F)(F)F)cc1)c1ccc(F)s1. The van der Waals surface area contributed by atoms with Crippen LogP contribution >= 0.6 is 32.9 Å².